The number of hydrogen-bond acceptors (Lipinski definition) is 4. The Morgan fingerprint density at radius 3 is 2.22 bits per heavy atom. The molecule has 2 atom stereocenters. The van der Waals surface area contributed by atoms with Crippen molar-refractivity contribution in [3.63, 3.8) is 0 Å². The van der Waals surface area contributed by atoms with E-state index in [0.29, 0.717) is 5.75 Å². The number of rotatable bonds is 5. The van der Waals surface area contributed by atoms with Crippen molar-refractivity contribution in [2.45, 2.75) is 20.3 Å². The maximum atomic E-state index is 11.7. The highest BCUT2D eigenvalue weighted by Crippen LogP contribution is 2.19. The van der Waals surface area contributed by atoms with Crippen LogP contribution >= 0.6 is 0 Å². The normalized spacial score (nSPS) is 13.7. The van der Waals surface area contributed by atoms with E-state index >= 15 is 0 Å². The number of carboxylic acid groups (broad SMARTS) is 1. The number of ether oxygens (including phenoxy) is 1. The largest absolute Gasteiger partial charge is 0.508 e. The Bertz CT molecular complexity index is 424. The van der Waals surface area contributed by atoms with Gasteiger partial charge in [0.1, 0.15) is 11.5 Å². The highest BCUT2D eigenvalue weighted by Gasteiger charge is 2.21. The van der Waals surface area contributed by atoms with E-state index in [2.05, 4.69) is 0 Å². The molecule has 0 bridgehead atoms. The highest BCUT2D eigenvalue weighted by molar-refractivity contribution is 5.76. The van der Waals surface area contributed by atoms with Crippen LogP contribution in [-0.4, -0.2) is 22.2 Å². The maximum absolute atomic E-state index is 11.7. The molecule has 0 aliphatic rings. The first-order valence-electron chi connectivity index (χ1n) is 5.63. The fourth-order valence-electron chi connectivity index (χ4n) is 1.46. The summed E-state index contributed by atoms with van der Waals surface area (Å²) in [6, 6.07) is 5.77. The molecule has 0 heterocycles. The Labute approximate surface area is 105 Å². The van der Waals surface area contributed by atoms with Gasteiger partial charge in [-0.1, -0.05) is 13.8 Å². The quantitative estimate of drug-likeness (QED) is 0.619. The predicted octanol–water partition coefficient (Wildman–Crippen LogP) is 2.04. The molecule has 1 aromatic carbocycles. The van der Waals surface area contributed by atoms with Gasteiger partial charge in [0.25, 0.3) is 0 Å². The second-order valence-electron chi connectivity index (χ2n) is 4.29. The zero-order valence-electron chi connectivity index (χ0n) is 10.3. The fourth-order valence-corrected chi connectivity index (χ4v) is 1.46. The van der Waals surface area contributed by atoms with Crippen LogP contribution in [0.15, 0.2) is 24.3 Å². The average molecular weight is 252 g/mol. The standard InChI is InChI=1S/C13H16O5/c1-8(12(15)16)7-9(2)13(17)18-11-5-3-10(14)4-6-11/h3-6,8-9,14H,7H2,1-2H3,(H,15,16). The Morgan fingerprint density at radius 2 is 1.72 bits per heavy atom. The van der Waals surface area contributed by atoms with Gasteiger partial charge in [-0.2, -0.15) is 0 Å². The first-order valence-corrected chi connectivity index (χ1v) is 5.63. The van der Waals surface area contributed by atoms with Crippen molar-refractivity contribution in [3.8, 4) is 11.5 Å². The summed E-state index contributed by atoms with van der Waals surface area (Å²) in [5.41, 5.74) is 0. The Morgan fingerprint density at radius 1 is 1.17 bits per heavy atom. The number of aromatic hydroxyl groups is 1. The summed E-state index contributed by atoms with van der Waals surface area (Å²) in [4.78, 5) is 22.4. The summed E-state index contributed by atoms with van der Waals surface area (Å²) in [7, 11) is 0. The zero-order chi connectivity index (χ0) is 13.7. The van der Waals surface area contributed by atoms with E-state index in [1.165, 1.54) is 24.3 Å². The number of phenolic OH excluding ortho intramolecular Hbond substituents is 1. The van der Waals surface area contributed by atoms with Crippen LogP contribution in [0.1, 0.15) is 20.3 Å². The Hall–Kier alpha value is -2.04. The molecule has 0 fully saturated rings. The molecular formula is C13H16O5. The molecule has 18 heavy (non-hydrogen) atoms. The van der Waals surface area contributed by atoms with Crippen molar-refractivity contribution in [1.29, 1.82) is 0 Å². The van der Waals surface area contributed by atoms with Crippen molar-refractivity contribution in [2.75, 3.05) is 0 Å². The Kier molecular flexibility index (Phi) is 4.71. The van der Waals surface area contributed by atoms with Crippen LogP contribution in [0.3, 0.4) is 0 Å². The number of esters is 1. The molecule has 0 aliphatic carbocycles. The van der Waals surface area contributed by atoms with Gasteiger partial charge in [0.15, 0.2) is 0 Å². The maximum Gasteiger partial charge on any atom is 0.314 e. The van der Waals surface area contributed by atoms with Crippen LogP contribution in [0.25, 0.3) is 0 Å². The van der Waals surface area contributed by atoms with Gasteiger partial charge in [0.2, 0.25) is 0 Å². The van der Waals surface area contributed by atoms with E-state index < -0.39 is 23.8 Å². The summed E-state index contributed by atoms with van der Waals surface area (Å²) < 4.78 is 5.07. The zero-order valence-corrected chi connectivity index (χ0v) is 10.3. The number of carbonyl (C=O) groups is 2. The smallest absolute Gasteiger partial charge is 0.314 e. The third-order valence-corrected chi connectivity index (χ3v) is 2.59. The third kappa shape index (κ3) is 4.08. The molecule has 0 amide bonds. The van der Waals surface area contributed by atoms with Crippen molar-refractivity contribution < 1.29 is 24.5 Å². The lowest BCUT2D eigenvalue weighted by atomic mass is 9.98. The van der Waals surface area contributed by atoms with E-state index in [9.17, 15) is 9.59 Å². The van der Waals surface area contributed by atoms with Gasteiger partial charge in [0, 0.05) is 0 Å². The average Bonchev–Trinajstić information content (AvgIpc) is 2.31. The molecule has 0 spiro atoms. The monoisotopic (exact) mass is 252 g/mol. The van der Waals surface area contributed by atoms with Gasteiger partial charge in [-0.05, 0) is 30.7 Å². The van der Waals surface area contributed by atoms with E-state index in [-0.39, 0.29) is 12.2 Å². The van der Waals surface area contributed by atoms with Crippen LogP contribution < -0.4 is 4.74 Å². The molecule has 5 nitrogen and oxygen atoms in total. The van der Waals surface area contributed by atoms with Crippen molar-refractivity contribution in [3.05, 3.63) is 24.3 Å². The first-order chi connectivity index (χ1) is 8.40. The molecule has 0 aromatic heterocycles. The molecule has 2 unspecified atom stereocenters. The number of carbonyl (C=O) groups excluding carboxylic acids is 1. The SMILES string of the molecule is CC(CC(C)C(=O)Oc1ccc(O)cc1)C(=O)O. The van der Waals surface area contributed by atoms with Gasteiger partial charge >= 0.3 is 11.9 Å². The fraction of sp³-hybridized carbons (Fsp3) is 0.385. The summed E-state index contributed by atoms with van der Waals surface area (Å²) in [6.45, 7) is 3.18. The van der Waals surface area contributed by atoms with E-state index in [4.69, 9.17) is 14.9 Å². The third-order valence-electron chi connectivity index (χ3n) is 2.59. The second-order valence-corrected chi connectivity index (χ2v) is 4.29. The molecule has 98 valence electrons. The van der Waals surface area contributed by atoms with Crippen LogP contribution in [-0.2, 0) is 9.59 Å². The number of benzene rings is 1. The molecule has 0 aliphatic heterocycles. The molecule has 1 aromatic rings. The van der Waals surface area contributed by atoms with E-state index in [1.807, 2.05) is 0 Å². The van der Waals surface area contributed by atoms with E-state index in [1.54, 1.807) is 13.8 Å². The minimum atomic E-state index is -0.931. The van der Waals surface area contributed by atoms with Gasteiger partial charge in [0.05, 0.1) is 11.8 Å². The number of carboxylic acids is 1. The molecule has 0 saturated carbocycles. The van der Waals surface area contributed by atoms with E-state index in [0.717, 1.165) is 0 Å². The highest BCUT2D eigenvalue weighted by atomic mass is 16.5. The predicted molar refractivity (Wildman–Crippen MR) is 64.3 cm³/mol. The molecule has 0 saturated heterocycles. The van der Waals surface area contributed by atoms with Gasteiger partial charge in [-0.3, -0.25) is 9.59 Å². The topological polar surface area (TPSA) is 83.8 Å². The molecule has 2 N–H and O–H groups in total. The number of hydrogen-bond donors (Lipinski definition) is 2. The summed E-state index contributed by atoms with van der Waals surface area (Å²) >= 11 is 0. The summed E-state index contributed by atoms with van der Waals surface area (Å²) in [5.74, 6) is -2.08. The lowest BCUT2D eigenvalue weighted by Crippen LogP contribution is -2.22. The van der Waals surface area contributed by atoms with Crippen molar-refractivity contribution in [2.24, 2.45) is 11.8 Å². The van der Waals surface area contributed by atoms with Crippen LogP contribution in [0.2, 0.25) is 0 Å². The first kappa shape index (κ1) is 14.0. The minimum absolute atomic E-state index is 0.0855. The lowest BCUT2D eigenvalue weighted by molar-refractivity contribution is -0.143. The second kappa shape index (κ2) is 6.05. The minimum Gasteiger partial charge on any atom is -0.508 e. The number of phenols is 1. The summed E-state index contributed by atoms with van der Waals surface area (Å²) in [5, 5.41) is 17.8. The van der Waals surface area contributed by atoms with Gasteiger partial charge in [-0.15, -0.1) is 0 Å². The lowest BCUT2D eigenvalue weighted by Gasteiger charge is -2.13. The molecule has 0 radical (unpaired) electrons. The van der Waals surface area contributed by atoms with Gasteiger partial charge in [-0.25, -0.2) is 0 Å². The van der Waals surface area contributed by atoms with Crippen LogP contribution in [0.4, 0.5) is 0 Å². The Balaban J connectivity index is 2.54. The summed E-state index contributed by atoms with van der Waals surface area (Å²) in [6.07, 6.45) is 0.228. The van der Waals surface area contributed by atoms with Crippen LogP contribution in [0, 0.1) is 11.8 Å². The number of aliphatic carboxylic acids is 1. The van der Waals surface area contributed by atoms with Gasteiger partial charge < -0.3 is 14.9 Å². The van der Waals surface area contributed by atoms with Crippen molar-refractivity contribution >= 4 is 11.9 Å². The van der Waals surface area contributed by atoms with Crippen LogP contribution in [0.5, 0.6) is 11.5 Å². The molecule has 5 heteroatoms. The molecule has 1 rings (SSSR count). The molecular weight excluding hydrogens is 236 g/mol. The van der Waals surface area contributed by atoms with Crippen molar-refractivity contribution in [1.82, 2.24) is 0 Å².